The molecule has 27 heavy (non-hydrogen) atoms. The van der Waals surface area contributed by atoms with Crippen molar-refractivity contribution in [1.82, 2.24) is 5.06 Å². The van der Waals surface area contributed by atoms with Crippen molar-refractivity contribution in [3.63, 3.8) is 0 Å². The van der Waals surface area contributed by atoms with E-state index in [0.29, 0.717) is 0 Å². The second kappa shape index (κ2) is 10.5. The smallest absolute Gasteiger partial charge is 0.122 e. The van der Waals surface area contributed by atoms with Gasteiger partial charge in [-0.3, -0.25) is 0 Å². The number of rotatable bonds is 5. The molecule has 0 aliphatic carbocycles. The molecule has 3 aromatic rings. The summed E-state index contributed by atoms with van der Waals surface area (Å²) < 4.78 is 5.42. The van der Waals surface area contributed by atoms with Crippen molar-refractivity contribution in [2.24, 2.45) is 0 Å². The Morgan fingerprint density at radius 2 is 1.33 bits per heavy atom. The number of hydrogen-bond donors (Lipinski definition) is 0. The Kier molecular flexibility index (Phi) is 7.45. The third-order valence-electron chi connectivity index (χ3n) is 4.48. The number of fused-ring (bicyclic) bond motifs is 1. The van der Waals surface area contributed by atoms with Crippen molar-refractivity contribution in [3.05, 3.63) is 102 Å². The monoisotopic (exact) mass is 361 g/mol. The van der Waals surface area contributed by atoms with Crippen molar-refractivity contribution >= 4 is 0 Å². The van der Waals surface area contributed by atoms with Crippen LogP contribution >= 0.6 is 0 Å². The van der Waals surface area contributed by atoms with Gasteiger partial charge < -0.3 is 9.57 Å². The first-order valence-corrected chi connectivity index (χ1v) is 9.43. The van der Waals surface area contributed by atoms with Crippen LogP contribution < -0.4 is 4.74 Å². The maximum atomic E-state index is 5.42. The van der Waals surface area contributed by atoms with E-state index in [4.69, 9.17) is 9.57 Å². The molecule has 0 aromatic heterocycles. The zero-order valence-electron chi connectivity index (χ0n) is 15.9. The molecule has 0 fully saturated rings. The minimum atomic E-state index is 0.798. The van der Waals surface area contributed by atoms with Crippen LogP contribution in [-0.4, -0.2) is 18.8 Å². The molecule has 1 heterocycles. The lowest BCUT2D eigenvalue weighted by Crippen LogP contribution is -2.21. The minimum absolute atomic E-state index is 0.798. The Morgan fingerprint density at radius 3 is 1.89 bits per heavy atom. The zero-order chi connectivity index (χ0) is 18.7. The van der Waals surface area contributed by atoms with Crippen LogP contribution in [0.1, 0.15) is 23.1 Å². The fourth-order valence-electron chi connectivity index (χ4n) is 3.06. The summed E-state index contributed by atoms with van der Waals surface area (Å²) in [4.78, 5) is 5.39. The summed E-state index contributed by atoms with van der Waals surface area (Å²) in [5.41, 5.74) is 3.87. The fraction of sp³-hybridized carbons (Fsp3) is 0.250. The lowest BCUT2D eigenvalue weighted by Gasteiger charge is -2.19. The summed E-state index contributed by atoms with van der Waals surface area (Å²) in [7, 11) is 1.71. The van der Waals surface area contributed by atoms with Crippen molar-refractivity contribution in [2.45, 2.75) is 25.9 Å². The molecule has 0 N–H and O–H groups in total. The molecule has 0 saturated heterocycles. The van der Waals surface area contributed by atoms with Crippen LogP contribution in [0.25, 0.3) is 0 Å². The Bertz CT molecular complexity index is 723. The van der Waals surface area contributed by atoms with E-state index < -0.39 is 0 Å². The van der Waals surface area contributed by atoms with Gasteiger partial charge in [-0.1, -0.05) is 78.9 Å². The summed E-state index contributed by atoms with van der Waals surface area (Å²) in [5, 5.41) is 1.95. The van der Waals surface area contributed by atoms with E-state index in [1.807, 2.05) is 53.6 Å². The zero-order valence-corrected chi connectivity index (χ0v) is 15.9. The molecule has 0 radical (unpaired) electrons. The number of aryl methyl sites for hydroxylation is 1. The van der Waals surface area contributed by atoms with Crippen LogP contribution in [0, 0.1) is 0 Å². The fourth-order valence-corrected chi connectivity index (χ4v) is 3.06. The molecular formula is C24H27NO2. The Hall–Kier alpha value is -2.62. The van der Waals surface area contributed by atoms with Gasteiger partial charge in [0.1, 0.15) is 5.75 Å². The second-order valence-electron chi connectivity index (χ2n) is 6.51. The predicted molar refractivity (Wildman–Crippen MR) is 109 cm³/mol. The van der Waals surface area contributed by atoms with Crippen molar-refractivity contribution in [3.8, 4) is 5.75 Å². The predicted octanol–water partition coefficient (Wildman–Crippen LogP) is 5.26. The van der Waals surface area contributed by atoms with Gasteiger partial charge in [0.25, 0.3) is 0 Å². The number of ether oxygens (including phenoxy) is 1. The Labute approximate surface area is 162 Å². The highest BCUT2D eigenvalue weighted by Gasteiger charge is 2.07. The van der Waals surface area contributed by atoms with E-state index >= 15 is 0 Å². The molecule has 0 amide bonds. The van der Waals surface area contributed by atoms with Gasteiger partial charge in [-0.25, -0.2) is 0 Å². The van der Waals surface area contributed by atoms with Crippen LogP contribution in [-0.2, 0) is 24.3 Å². The summed E-state index contributed by atoms with van der Waals surface area (Å²) in [5.74, 6) is 1.08. The molecule has 0 bridgehead atoms. The van der Waals surface area contributed by atoms with Gasteiger partial charge in [-0.15, -0.1) is 0 Å². The molecule has 1 aliphatic heterocycles. The van der Waals surface area contributed by atoms with Gasteiger partial charge in [-0.05, 0) is 35.6 Å². The van der Waals surface area contributed by atoms with Gasteiger partial charge in [0.2, 0.25) is 0 Å². The lowest BCUT2D eigenvalue weighted by molar-refractivity contribution is -0.146. The van der Waals surface area contributed by atoms with Crippen LogP contribution in [0.15, 0.2) is 84.9 Å². The van der Waals surface area contributed by atoms with E-state index in [1.165, 1.54) is 23.1 Å². The maximum absolute atomic E-state index is 5.42. The molecule has 4 rings (SSSR count). The molecule has 0 unspecified atom stereocenters. The van der Waals surface area contributed by atoms with Crippen molar-refractivity contribution < 1.29 is 9.57 Å². The lowest BCUT2D eigenvalue weighted by atomic mass is 10.1. The molecule has 3 aromatic carbocycles. The van der Waals surface area contributed by atoms with Crippen LogP contribution in [0.4, 0.5) is 0 Å². The minimum Gasteiger partial charge on any atom is -0.493 e. The highest BCUT2D eigenvalue weighted by atomic mass is 16.7. The van der Waals surface area contributed by atoms with E-state index in [1.54, 1.807) is 7.11 Å². The second-order valence-corrected chi connectivity index (χ2v) is 6.51. The maximum Gasteiger partial charge on any atom is 0.122 e. The van der Waals surface area contributed by atoms with Crippen molar-refractivity contribution in [2.75, 3.05) is 13.7 Å². The Morgan fingerprint density at radius 1 is 0.778 bits per heavy atom. The number of para-hydroxylation sites is 1. The first-order chi connectivity index (χ1) is 13.3. The average molecular weight is 361 g/mol. The first kappa shape index (κ1) is 19.2. The first-order valence-electron chi connectivity index (χ1n) is 9.43. The number of benzene rings is 3. The average Bonchev–Trinajstić information content (AvgIpc) is 2.75. The number of hydroxylamine groups is 2. The van der Waals surface area contributed by atoms with Crippen LogP contribution in [0.3, 0.4) is 0 Å². The van der Waals surface area contributed by atoms with E-state index in [0.717, 1.165) is 31.9 Å². The molecule has 3 heteroatoms. The molecule has 0 atom stereocenters. The number of nitrogens with zero attached hydrogens (tertiary/aromatic N) is 1. The van der Waals surface area contributed by atoms with Gasteiger partial charge in [0.15, 0.2) is 0 Å². The third-order valence-corrected chi connectivity index (χ3v) is 4.48. The highest BCUT2D eigenvalue weighted by molar-refractivity contribution is 5.34. The SMILES string of the molecule is CON(Cc1ccccc1)Cc1ccccc1.c1ccc2c(c1)CCCO2. The third kappa shape index (κ3) is 6.24. The van der Waals surface area contributed by atoms with Gasteiger partial charge in [0, 0.05) is 13.1 Å². The van der Waals surface area contributed by atoms with Gasteiger partial charge >= 0.3 is 0 Å². The largest absolute Gasteiger partial charge is 0.493 e. The van der Waals surface area contributed by atoms with Crippen LogP contribution in [0.2, 0.25) is 0 Å². The van der Waals surface area contributed by atoms with Crippen LogP contribution in [0.5, 0.6) is 5.75 Å². The summed E-state index contributed by atoms with van der Waals surface area (Å²) in [6, 6.07) is 28.9. The Balaban J connectivity index is 0.000000177. The van der Waals surface area contributed by atoms with E-state index in [2.05, 4.69) is 36.4 Å². The normalized spacial score (nSPS) is 12.5. The number of hydrogen-bond acceptors (Lipinski definition) is 3. The molecular weight excluding hydrogens is 334 g/mol. The van der Waals surface area contributed by atoms with E-state index in [9.17, 15) is 0 Å². The van der Waals surface area contributed by atoms with Crippen molar-refractivity contribution in [1.29, 1.82) is 0 Å². The quantitative estimate of drug-likeness (QED) is 0.579. The molecule has 3 nitrogen and oxygen atoms in total. The summed E-state index contributed by atoms with van der Waals surface area (Å²) in [6.45, 7) is 2.48. The van der Waals surface area contributed by atoms with Gasteiger partial charge in [0.05, 0.1) is 13.7 Å². The summed E-state index contributed by atoms with van der Waals surface area (Å²) >= 11 is 0. The highest BCUT2D eigenvalue weighted by Crippen LogP contribution is 2.23. The topological polar surface area (TPSA) is 21.7 Å². The standard InChI is InChI=1S/C15H17NO.C9H10O/c1-17-16(12-14-8-4-2-5-9-14)13-15-10-6-3-7-11-15;1-2-6-9-8(4-1)5-3-7-10-9/h2-11H,12-13H2,1H3;1-2,4,6H,3,5,7H2. The molecule has 140 valence electrons. The van der Waals surface area contributed by atoms with Gasteiger partial charge in [-0.2, -0.15) is 5.06 Å². The molecule has 0 saturated carbocycles. The van der Waals surface area contributed by atoms with E-state index in [-0.39, 0.29) is 0 Å². The molecule has 0 spiro atoms. The molecule has 1 aliphatic rings. The summed E-state index contributed by atoms with van der Waals surface area (Å²) in [6.07, 6.45) is 2.34.